The topological polar surface area (TPSA) is 255 Å². The number of carboxylic acid groups (broad SMARTS) is 1. The number of ether oxygens (including phenoxy) is 7. The number of carbonyl (C=O) groups is 6. The molecule has 0 aliphatic heterocycles. The van der Waals surface area contributed by atoms with Crippen LogP contribution < -0.4 is 18.9 Å². The summed E-state index contributed by atoms with van der Waals surface area (Å²) >= 11 is 0. The van der Waals surface area contributed by atoms with Crippen molar-refractivity contribution in [2.45, 2.75) is 118 Å². The number of benzene rings is 4. The number of carbonyl (C=O) groups excluding carboxylic acids is 5. The largest absolute Gasteiger partial charge is 0.494 e. The number of hydrogen-bond acceptors (Lipinski definition) is 16. The van der Waals surface area contributed by atoms with E-state index in [1.807, 2.05) is 13.0 Å². The molecule has 0 saturated heterocycles. The van der Waals surface area contributed by atoms with E-state index >= 15 is 0 Å². The Kier molecular flexibility index (Phi) is 34.8. The summed E-state index contributed by atoms with van der Waals surface area (Å²) in [7, 11) is 0. The van der Waals surface area contributed by atoms with Crippen molar-refractivity contribution < 1.29 is 72.1 Å². The summed E-state index contributed by atoms with van der Waals surface area (Å²) in [5.41, 5.74) is 4.58. The lowest BCUT2D eigenvalue weighted by Gasteiger charge is -2.09. The molecule has 0 amide bonds. The zero-order valence-electron chi connectivity index (χ0n) is 47.0. The Morgan fingerprint density at radius 1 is 0.506 bits per heavy atom. The van der Waals surface area contributed by atoms with Crippen LogP contribution in [0, 0.1) is 36.5 Å². The monoisotopic (exact) mass is 1110 g/mol. The highest BCUT2D eigenvalue weighted by atomic mass is 16.6. The number of nitrogens with zero attached hydrogens (tertiary/aromatic N) is 2. The molecule has 4 rings (SSSR count). The molecule has 0 radical (unpaired) electrons. The third-order valence-corrected chi connectivity index (χ3v) is 11.3. The normalized spacial score (nSPS) is 10.4. The van der Waals surface area contributed by atoms with Crippen LogP contribution >= 0.6 is 0 Å². The lowest BCUT2D eigenvalue weighted by Crippen LogP contribution is -2.09. The van der Waals surface area contributed by atoms with Gasteiger partial charge in [-0.2, -0.15) is 10.5 Å². The van der Waals surface area contributed by atoms with Gasteiger partial charge in [-0.25, -0.2) is 28.8 Å². The molecule has 2 N–H and O–H groups in total. The minimum absolute atomic E-state index is 0.0174. The number of aliphatic hydroxyl groups is 1. The fraction of sp³-hybridized carbons (Fsp3) is 0.375. The first-order valence-electron chi connectivity index (χ1n) is 26.8. The number of aliphatic carboxylic acids is 1. The van der Waals surface area contributed by atoms with Crippen molar-refractivity contribution in [3.8, 4) is 35.1 Å². The van der Waals surface area contributed by atoms with Gasteiger partial charge in [0.05, 0.1) is 69.1 Å². The Bertz CT molecular complexity index is 2780. The van der Waals surface area contributed by atoms with Crippen LogP contribution in [0.3, 0.4) is 0 Å². The smallest absolute Gasteiger partial charge is 0.343 e. The molecule has 0 spiro atoms. The first kappa shape index (κ1) is 68.3. The minimum atomic E-state index is -1.02. The first-order chi connectivity index (χ1) is 39.0. The van der Waals surface area contributed by atoms with Gasteiger partial charge in [0, 0.05) is 23.3 Å². The van der Waals surface area contributed by atoms with E-state index in [1.54, 1.807) is 118 Å². The van der Waals surface area contributed by atoms with E-state index in [0.717, 1.165) is 99.8 Å². The van der Waals surface area contributed by atoms with E-state index in [9.17, 15) is 28.8 Å². The Morgan fingerprint density at radius 2 is 0.889 bits per heavy atom. The number of carboxylic acids is 1. The maximum Gasteiger partial charge on any atom is 0.343 e. The van der Waals surface area contributed by atoms with Crippen LogP contribution in [-0.2, 0) is 33.4 Å². The second-order valence-corrected chi connectivity index (χ2v) is 18.4. The number of rotatable bonds is 33. The Hall–Kier alpha value is -8.80. The van der Waals surface area contributed by atoms with Crippen molar-refractivity contribution in [2.75, 3.05) is 39.6 Å². The summed E-state index contributed by atoms with van der Waals surface area (Å²) in [6.45, 7) is 16.1. The molecule has 0 fully saturated rings. The summed E-state index contributed by atoms with van der Waals surface area (Å²) in [6, 6.07) is 27.6. The Morgan fingerprint density at radius 3 is 1.23 bits per heavy atom. The predicted molar refractivity (Wildman–Crippen MR) is 307 cm³/mol. The molecule has 0 aromatic heterocycles. The van der Waals surface area contributed by atoms with E-state index in [2.05, 4.69) is 13.2 Å². The number of nitriles is 2. The van der Waals surface area contributed by atoms with Crippen molar-refractivity contribution in [3.63, 3.8) is 0 Å². The number of aryl methyl sites for hydroxylation is 2. The highest BCUT2D eigenvalue weighted by Gasteiger charge is 2.13. The van der Waals surface area contributed by atoms with E-state index in [-0.39, 0.29) is 38.0 Å². The van der Waals surface area contributed by atoms with Crippen LogP contribution in [0.1, 0.15) is 147 Å². The fourth-order valence-electron chi connectivity index (χ4n) is 6.88. The van der Waals surface area contributed by atoms with Gasteiger partial charge < -0.3 is 43.4 Å². The summed E-state index contributed by atoms with van der Waals surface area (Å²) in [5.74, 6) is -0.943. The highest BCUT2D eigenvalue weighted by molar-refractivity contribution is 5.92. The van der Waals surface area contributed by atoms with Gasteiger partial charge in [0.1, 0.15) is 29.6 Å². The standard InChI is InChI=1S/C32H37NO7.C29H34O7.C3H5NO/c1-24(2)31(35)39-21-9-7-5-4-6-8-20-37-28-15-13-27(14-16-28)32(36)40-29-17-11-26(23-25(29)3)12-18-30(34)38-22-10-19-33;1-21(2)28(32)35-19-9-7-5-4-6-8-18-34-25-14-12-24(13-15-25)29(33)36-26-16-10-23(20-22(26)3)11-17-27(30)31;4-2-1-3-5/h11-18,23H,1,4-10,20-22H2,2-3H3;10-17,20H,1,4-9,18-19H2,2-3H3,(H,30,31);5H,1,3H2/b18-12+;17-11+;. The van der Waals surface area contributed by atoms with Gasteiger partial charge in [-0.3, -0.25) is 0 Å². The Balaban J connectivity index is 0.000000512. The predicted octanol–water partition coefficient (Wildman–Crippen LogP) is 12.6. The molecule has 0 saturated carbocycles. The third-order valence-electron chi connectivity index (χ3n) is 11.3. The Labute approximate surface area is 476 Å². The SMILES string of the molecule is C=C(C)C(=O)OCCCCCCCCOc1ccc(C(=O)Oc2ccc(/C=C/C(=O)O)cc2C)cc1.C=C(C)C(=O)OCCCCCCCCOc1ccc(C(=O)Oc2ccc(/C=C/C(=O)OCCC#N)cc2C)cc1.N#CCCO. The molecule has 17 heteroatoms. The van der Waals surface area contributed by atoms with Crippen molar-refractivity contribution in [3.05, 3.63) is 155 Å². The maximum absolute atomic E-state index is 12.6. The van der Waals surface area contributed by atoms with Crippen LogP contribution in [0.15, 0.2) is 121 Å². The lowest BCUT2D eigenvalue weighted by molar-refractivity contribution is -0.139. The van der Waals surface area contributed by atoms with Gasteiger partial charge in [0.2, 0.25) is 0 Å². The molecule has 0 aliphatic carbocycles. The van der Waals surface area contributed by atoms with E-state index in [1.165, 1.54) is 12.2 Å². The summed E-state index contributed by atoms with van der Waals surface area (Å²) in [4.78, 5) is 69.9. The second-order valence-electron chi connectivity index (χ2n) is 18.4. The molecule has 0 atom stereocenters. The highest BCUT2D eigenvalue weighted by Crippen LogP contribution is 2.24. The molecule has 4 aromatic rings. The van der Waals surface area contributed by atoms with Gasteiger partial charge in [0.25, 0.3) is 0 Å². The molecule has 17 nitrogen and oxygen atoms in total. The van der Waals surface area contributed by atoms with Gasteiger partial charge in [-0.05, 0) is 161 Å². The molecule has 81 heavy (non-hydrogen) atoms. The molecular formula is C64H76N2O15. The van der Waals surface area contributed by atoms with E-state index in [0.29, 0.717) is 77.3 Å². The van der Waals surface area contributed by atoms with Crippen molar-refractivity contribution in [1.29, 1.82) is 10.5 Å². The quantitative estimate of drug-likeness (QED) is 0.0148. The van der Waals surface area contributed by atoms with Crippen LogP contribution in [0.2, 0.25) is 0 Å². The van der Waals surface area contributed by atoms with Gasteiger partial charge in [-0.1, -0.05) is 76.7 Å². The summed E-state index contributed by atoms with van der Waals surface area (Å²) in [6.07, 6.45) is 17.9. The van der Waals surface area contributed by atoms with Crippen molar-refractivity contribution in [2.24, 2.45) is 0 Å². The number of hydrogen-bond donors (Lipinski definition) is 2. The fourth-order valence-corrected chi connectivity index (χ4v) is 6.88. The lowest BCUT2D eigenvalue weighted by atomic mass is 10.1. The number of unbranched alkanes of at least 4 members (excludes halogenated alkanes) is 10. The summed E-state index contributed by atoms with van der Waals surface area (Å²) < 4.78 is 37.6. The van der Waals surface area contributed by atoms with Crippen LogP contribution in [0.4, 0.5) is 0 Å². The molecule has 0 heterocycles. The molecule has 0 aliphatic rings. The molecular weight excluding hydrogens is 1040 g/mol. The van der Waals surface area contributed by atoms with Crippen LogP contribution in [0.25, 0.3) is 12.2 Å². The average Bonchev–Trinajstić information content (AvgIpc) is 3.47. The zero-order valence-corrected chi connectivity index (χ0v) is 47.0. The maximum atomic E-state index is 12.6. The van der Waals surface area contributed by atoms with Crippen LogP contribution in [-0.4, -0.2) is 85.7 Å². The van der Waals surface area contributed by atoms with Gasteiger partial charge in [0.15, 0.2) is 0 Å². The van der Waals surface area contributed by atoms with Crippen LogP contribution in [0.5, 0.6) is 23.0 Å². The molecule has 0 bridgehead atoms. The zero-order chi connectivity index (χ0) is 59.6. The van der Waals surface area contributed by atoms with Crippen molar-refractivity contribution in [1.82, 2.24) is 0 Å². The number of aliphatic hydroxyl groups excluding tert-OH is 1. The van der Waals surface area contributed by atoms with E-state index < -0.39 is 23.9 Å². The third kappa shape index (κ3) is 31.4. The van der Waals surface area contributed by atoms with Crippen molar-refractivity contribution >= 4 is 48.0 Å². The second kappa shape index (κ2) is 41.3. The summed E-state index contributed by atoms with van der Waals surface area (Å²) in [5, 5.41) is 32.7. The van der Waals surface area contributed by atoms with Gasteiger partial charge in [-0.15, -0.1) is 0 Å². The average molecular weight is 1110 g/mol. The van der Waals surface area contributed by atoms with E-state index in [4.69, 9.17) is 53.9 Å². The minimum Gasteiger partial charge on any atom is -0.494 e. The molecule has 432 valence electrons. The van der Waals surface area contributed by atoms with Gasteiger partial charge >= 0.3 is 35.8 Å². The first-order valence-corrected chi connectivity index (χ1v) is 26.8. The molecule has 0 unspecified atom stereocenters. The molecule has 4 aromatic carbocycles. The number of esters is 5.